The smallest absolute Gasteiger partial charge is 0.119 e. The molecule has 1 unspecified atom stereocenters. The molecule has 0 bridgehead atoms. The van der Waals surface area contributed by atoms with Crippen molar-refractivity contribution < 1.29 is 33.9 Å². The second-order valence-electron chi connectivity index (χ2n) is 8.55. The van der Waals surface area contributed by atoms with Crippen LogP contribution in [0.3, 0.4) is 0 Å². The van der Waals surface area contributed by atoms with Crippen LogP contribution in [0.1, 0.15) is 31.4 Å². The fraction of sp³-hybridized carbons (Fsp3) is 0.556. The van der Waals surface area contributed by atoms with Gasteiger partial charge in [-0.1, -0.05) is 38.1 Å². The molecule has 35 heavy (non-hydrogen) atoms. The molecule has 0 saturated carbocycles. The fourth-order valence-corrected chi connectivity index (χ4v) is 3.42. The summed E-state index contributed by atoms with van der Waals surface area (Å²) >= 11 is 5.70. The molecule has 0 aliphatic carbocycles. The third kappa shape index (κ3) is 11.2. The van der Waals surface area contributed by atoms with E-state index in [1.807, 2.05) is 36.4 Å². The number of halogens is 1. The summed E-state index contributed by atoms with van der Waals surface area (Å²) < 4.78 is 27.2. The van der Waals surface area contributed by atoms with Crippen LogP contribution in [0.25, 0.3) is 0 Å². The fourth-order valence-electron chi connectivity index (χ4n) is 3.31. The van der Waals surface area contributed by atoms with Crippen LogP contribution < -0.4 is 9.47 Å². The van der Waals surface area contributed by atoms with Crippen LogP contribution in [0.4, 0.5) is 0 Å². The molecular weight excluding hydrogens is 472 g/mol. The topological polar surface area (TPSA) is 86.6 Å². The summed E-state index contributed by atoms with van der Waals surface area (Å²) in [5, 5.41) is 18.7. The molecule has 0 spiro atoms. The van der Waals surface area contributed by atoms with E-state index in [1.54, 1.807) is 0 Å². The van der Waals surface area contributed by atoms with Crippen molar-refractivity contribution in [3.8, 4) is 11.5 Å². The number of aliphatic hydroxyl groups is 2. The highest BCUT2D eigenvalue weighted by Crippen LogP contribution is 2.33. The van der Waals surface area contributed by atoms with Gasteiger partial charge in [0.15, 0.2) is 0 Å². The van der Waals surface area contributed by atoms with E-state index in [0.29, 0.717) is 51.3 Å². The molecule has 0 fully saturated rings. The maximum absolute atomic E-state index is 10.1. The van der Waals surface area contributed by atoms with E-state index in [0.717, 1.165) is 17.7 Å². The van der Waals surface area contributed by atoms with Crippen LogP contribution >= 0.6 is 11.6 Å². The van der Waals surface area contributed by atoms with Gasteiger partial charge in [-0.25, -0.2) is 0 Å². The highest BCUT2D eigenvalue weighted by molar-refractivity contribution is 6.17. The normalized spacial score (nSPS) is 12.5. The molecule has 2 aromatic carbocycles. The van der Waals surface area contributed by atoms with E-state index >= 15 is 0 Å². The van der Waals surface area contributed by atoms with Gasteiger partial charge in [0.2, 0.25) is 0 Å². The van der Waals surface area contributed by atoms with E-state index in [1.165, 1.54) is 5.56 Å². The average molecular weight is 511 g/mol. The highest BCUT2D eigenvalue weighted by Gasteiger charge is 2.23. The van der Waals surface area contributed by atoms with Gasteiger partial charge in [-0.05, 0) is 41.8 Å². The largest absolute Gasteiger partial charge is 0.494 e. The Balaban J connectivity index is 1.70. The zero-order chi connectivity index (χ0) is 25.4. The Labute approximate surface area is 213 Å². The van der Waals surface area contributed by atoms with Crippen molar-refractivity contribution in [2.24, 2.45) is 0 Å². The van der Waals surface area contributed by atoms with Crippen LogP contribution in [0.5, 0.6) is 11.5 Å². The lowest BCUT2D eigenvalue weighted by Gasteiger charge is -2.26. The van der Waals surface area contributed by atoms with Crippen LogP contribution in [-0.2, 0) is 19.6 Å². The Morgan fingerprint density at radius 1 is 0.714 bits per heavy atom. The predicted molar refractivity (Wildman–Crippen MR) is 137 cm³/mol. The molecule has 2 aromatic rings. The lowest BCUT2D eigenvalue weighted by atomic mass is 9.78. The van der Waals surface area contributed by atoms with E-state index < -0.39 is 6.10 Å². The van der Waals surface area contributed by atoms with Gasteiger partial charge in [0.05, 0.1) is 52.9 Å². The SMILES string of the molecule is CC(C)(c1ccc(OCCCCl)cc1)c1ccc(OCC(O)COCCOCCOCCO)cc1. The summed E-state index contributed by atoms with van der Waals surface area (Å²) in [5.74, 6) is 2.13. The molecule has 2 rings (SSSR count). The van der Waals surface area contributed by atoms with Gasteiger partial charge in [-0.2, -0.15) is 0 Å². The third-order valence-electron chi connectivity index (χ3n) is 5.43. The van der Waals surface area contributed by atoms with E-state index in [-0.39, 0.29) is 25.2 Å². The maximum Gasteiger partial charge on any atom is 0.119 e. The van der Waals surface area contributed by atoms with Crippen molar-refractivity contribution in [3.05, 3.63) is 59.7 Å². The van der Waals surface area contributed by atoms with Gasteiger partial charge in [0.25, 0.3) is 0 Å². The van der Waals surface area contributed by atoms with Crippen LogP contribution in [0, 0.1) is 0 Å². The standard InChI is InChI=1S/C27H39ClO7/c1-27(2,22-4-8-25(9-5-22)34-14-3-12-28)23-6-10-26(11-7-23)35-21-24(30)20-33-19-18-32-17-16-31-15-13-29/h4-11,24,29-30H,3,12-21H2,1-2H3. The maximum atomic E-state index is 10.1. The van der Waals surface area contributed by atoms with Crippen molar-refractivity contribution in [3.63, 3.8) is 0 Å². The van der Waals surface area contributed by atoms with Crippen molar-refractivity contribution in [2.45, 2.75) is 31.8 Å². The molecule has 2 N–H and O–H groups in total. The lowest BCUT2D eigenvalue weighted by Crippen LogP contribution is -2.24. The van der Waals surface area contributed by atoms with Crippen molar-refractivity contribution >= 4 is 11.6 Å². The van der Waals surface area contributed by atoms with Crippen molar-refractivity contribution in [1.82, 2.24) is 0 Å². The summed E-state index contributed by atoms with van der Waals surface area (Å²) in [7, 11) is 0. The van der Waals surface area contributed by atoms with Gasteiger partial charge < -0.3 is 33.9 Å². The Bertz CT molecular complexity index is 796. The van der Waals surface area contributed by atoms with Crippen LogP contribution in [0.15, 0.2) is 48.5 Å². The number of hydrogen-bond donors (Lipinski definition) is 2. The highest BCUT2D eigenvalue weighted by atomic mass is 35.5. The van der Waals surface area contributed by atoms with Crippen molar-refractivity contribution in [1.29, 1.82) is 0 Å². The second-order valence-corrected chi connectivity index (χ2v) is 8.93. The second kappa shape index (κ2) is 16.7. The third-order valence-corrected chi connectivity index (χ3v) is 5.70. The van der Waals surface area contributed by atoms with Crippen LogP contribution in [0.2, 0.25) is 0 Å². The summed E-state index contributed by atoms with van der Waals surface area (Å²) in [6, 6.07) is 16.1. The first-order chi connectivity index (χ1) is 17.0. The van der Waals surface area contributed by atoms with Gasteiger partial charge >= 0.3 is 0 Å². The van der Waals surface area contributed by atoms with Crippen LogP contribution in [-0.4, -0.2) is 81.7 Å². The Morgan fingerprint density at radius 2 is 1.23 bits per heavy atom. The molecule has 1 atom stereocenters. The number of ether oxygens (including phenoxy) is 5. The Kier molecular flexibility index (Phi) is 14.0. The monoisotopic (exact) mass is 510 g/mol. The summed E-state index contributed by atoms with van der Waals surface area (Å²) in [4.78, 5) is 0. The van der Waals surface area contributed by atoms with Crippen molar-refractivity contribution in [2.75, 3.05) is 65.3 Å². The zero-order valence-electron chi connectivity index (χ0n) is 20.8. The van der Waals surface area contributed by atoms with Gasteiger partial charge in [0.1, 0.15) is 24.2 Å². The Hall–Kier alpha value is -1.87. The number of aliphatic hydroxyl groups excluding tert-OH is 2. The van der Waals surface area contributed by atoms with Gasteiger partial charge in [0, 0.05) is 11.3 Å². The Morgan fingerprint density at radius 3 is 1.77 bits per heavy atom. The summed E-state index contributed by atoms with van der Waals surface area (Å²) in [6.07, 6.45) is 0.0929. The number of hydrogen-bond acceptors (Lipinski definition) is 7. The van der Waals surface area contributed by atoms with E-state index in [2.05, 4.69) is 26.0 Å². The summed E-state index contributed by atoms with van der Waals surface area (Å²) in [5.41, 5.74) is 2.16. The molecule has 0 amide bonds. The molecule has 196 valence electrons. The average Bonchev–Trinajstić information content (AvgIpc) is 2.87. The van der Waals surface area contributed by atoms with Gasteiger partial charge in [-0.3, -0.25) is 0 Å². The molecule has 0 aliphatic heterocycles. The quantitative estimate of drug-likeness (QED) is 0.219. The molecule has 8 heteroatoms. The zero-order valence-corrected chi connectivity index (χ0v) is 21.5. The molecule has 0 radical (unpaired) electrons. The first-order valence-corrected chi connectivity index (χ1v) is 12.6. The lowest BCUT2D eigenvalue weighted by molar-refractivity contribution is -0.0217. The first-order valence-electron chi connectivity index (χ1n) is 12.0. The first kappa shape index (κ1) is 29.4. The minimum absolute atomic E-state index is 0.00611. The number of benzene rings is 2. The van der Waals surface area contributed by atoms with E-state index in [4.69, 9.17) is 40.4 Å². The minimum atomic E-state index is -0.732. The predicted octanol–water partition coefficient (Wildman–Crippen LogP) is 3.80. The molecular formula is C27H39ClO7. The molecule has 0 saturated heterocycles. The molecule has 0 aromatic heterocycles. The van der Waals surface area contributed by atoms with Gasteiger partial charge in [-0.15, -0.1) is 11.6 Å². The number of alkyl halides is 1. The minimum Gasteiger partial charge on any atom is -0.494 e. The molecule has 7 nitrogen and oxygen atoms in total. The number of rotatable bonds is 19. The van der Waals surface area contributed by atoms with E-state index in [9.17, 15) is 5.11 Å². The molecule has 0 aliphatic rings. The molecule has 0 heterocycles. The summed E-state index contributed by atoms with van der Waals surface area (Å²) in [6.45, 7) is 7.27.